The standard InChI is InChI=1S/C13H17NO4.C7H8O3S/c1-17-12(15)8-7-11(14)13(16)18-9-10-5-3-2-4-6-10;1-6-2-4-7(5-3-6)11(8,9)10/h2-6,11H,7-9,14H2,1H3;2-5H,1H3,(H,8,9,10)/t11-;/m0./s1. The van der Waals surface area contributed by atoms with Crippen LogP contribution in [0, 0.1) is 6.92 Å². The number of hydrogen-bond acceptors (Lipinski definition) is 7. The number of esters is 2. The van der Waals surface area contributed by atoms with Gasteiger partial charge in [-0.25, -0.2) is 0 Å². The lowest BCUT2D eigenvalue weighted by Gasteiger charge is -2.10. The van der Waals surface area contributed by atoms with Crippen LogP contribution in [-0.2, 0) is 35.8 Å². The van der Waals surface area contributed by atoms with E-state index in [0.29, 0.717) is 0 Å². The predicted molar refractivity (Wildman–Crippen MR) is 106 cm³/mol. The Hall–Kier alpha value is -2.75. The van der Waals surface area contributed by atoms with Gasteiger partial charge in [0.15, 0.2) is 0 Å². The number of carbonyl (C=O) groups excluding carboxylic acids is 2. The highest BCUT2D eigenvalue weighted by molar-refractivity contribution is 7.85. The van der Waals surface area contributed by atoms with Crippen LogP contribution in [0.1, 0.15) is 24.0 Å². The summed E-state index contributed by atoms with van der Waals surface area (Å²) in [6.07, 6.45) is 0.332. The molecule has 158 valence electrons. The molecule has 0 spiro atoms. The summed E-state index contributed by atoms with van der Waals surface area (Å²) in [4.78, 5) is 22.3. The normalized spacial score (nSPS) is 11.6. The van der Waals surface area contributed by atoms with Gasteiger partial charge >= 0.3 is 11.9 Å². The molecule has 8 nitrogen and oxygen atoms in total. The minimum absolute atomic E-state index is 0.0666. The molecule has 0 aliphatic rings. The maximum Gasteiger partial charge on any atom is 0.323 e. The molecule has 0 aliphatic heterocycles. The van der Waals surface area contributed by atoms with Crippen molar-refractivity contribution in [2.75, 3.05) is 7.11 Å². The van der Waals surface area contributed by atoms with Crippen LogP contribution in [0.25, 0.3) is 0 Å². The zero-order chi connectivity index (χ0) is 21.9. The van der Waals surface area contributed by atoms with E-state index in [1.165, 1.54) is 19.2 Å². The van der Waals surface area contributed by atoms with Crippen LogP contribution in [0.4, 0.5) is 0 Å². The summed E-state index contributed by atoms with van der Waals surface area (Å²) >= 11 is 0. The zero-order valence-corrected chi connectivity index (χ0v) is 17.1. The Kier molecular flexibility index (Phi) is 10.0. The van der Waals surface area contributed by atoms with Gasteiger partial charge in [-0.1, -0.05) is 48.0 Å². The minimum Gasteiger partial charge on any atom is -0.469 e. The van der Waals surface area contributed by atoms with E-state index in [4.69, 9.17) is 15.0 Å². The van der Waals surface area contributed by atoms with Crippen molar-refractivity contribution < 1.29 is 32.0 Å². The lowest BCUT2D eigenvalue weighted by atomic mass is 10.2. The van der Waals surface area contributed by atoms with Crippen LogP contribution >= 0.6 is 0 Å². The van der Waals surface area contributed by atoms with E-state index in [1.54, 1.807) is 12.1 Å². The van der Waals surface area contributed by atoms with Gasteiger partial charge in [-0.15, -0.1) is 0 Å². The number of ether oxygens (including phenoxy) is 2. The van der Waals surface area contributed by atoms with E-state index in [-0.39, 0.29) is 30.3 Å². The van der Waals surface area contributed by atoms with E-state index in [9.17, 15) is 18.0 Å². The van der Waals surface area contributed by atoms with Gasteiger partial charge in [-0.05, 0) is 31.0 Å². The first-order chi connectivity index (χ1) is 13.6. The second-order valence-corrected chi connectivity index (χ2v) is 7.52. The number of rotatable bonds is 7. The highest BCUT2D eigenvalue weighted by Crippen LogP contribution is 2.08. The van der Waals surface area contributed by atoms with Gasteiger partial charge in [0.1, 0.15) is 12.6 Å². The van der Waals surface area contributed by atoms with Crippen LogP contribution < -0.4 is 5.73 Å². The Labute approximate surface area is 170 Å². The Morgan fingerprint density at radius 2 is 1.66 bits per heavy atom. The maximum absolute atomic E-state index is 11.5. The summed E-state index contributed by atoms with van der Waals surface area (Å²) in [7, 11) is -2.73. The first-order valence-corrected chi connectivity index (χ1v) is 10.1. The lowest BCUT2D eigenvalue weighted by molar-refractivity contribution is -0.147. The maximum atomic E-state index is 11.5. The highest BCUT2D eigenvalue weighted by Gasteiger charge is 2.16. The third-order valence-corrected chi connectivity index (χ3v) is 4.60. The van der Waals surface area contributed by atoms with Crippen molar-refractivity contribution in [3.05, 3.63) is 65.7 Å². The molecule has 29 heavy (non-hydrogen) atoms. The number of hydrogen-bond donors (Lipinski definition) is 2. The topological polar surface area (TPSA) is 133 Å². The molecule has 0 saturated heterocycles. The molecule has 0 bridgehead atoms. The Morgan fingerprint density at radius 1 is 1.07 bits per heavy atom. The molecule has 9 heteroatoms. The van der Waals surface area contributed by atoms with Gasteiger partial charge in [0.25, 0.3) is 10.1 Å². The molecule has 2 aromatic rings. The van der Waals surface area contributed by atoms with Crippen molar-refractivity contribution >= 4 is 22.1 Å². The minimum atomic E-state index is -4.02. The molecule has 0 radical (unpaired) electrons. The van der Waals surface area contributed by atoms with E-state index in [2.05, 4.69) is 4.74 Å². The lowest BCUT2D eigenvalue weighted by Crippen LogP contribution is -2.32. The fourth-order valence-corrected chi connectivity index (χ4v) is 2.52. The molecule has 0 saturated carbocycles. The van der Waals surface area contributed by atoms with Crippen molar-refractivity contribution in [2.24, 2.45) is 5.73 Å². The molecule has 0 unspecified atom stereocenters. The third-order valence-electron chi connectivity index (χ3n) is 3.73. The largest absolute Gasteiger partial charge is 0.469 e. The Morgan fingerprint density at radius 3 is 2.17 bits per heavy atom. The summed E-state index contributed by atoms with van der Waals surface area (Å²) < 4.78 is 39.1. The number of nitrogens with two attached hydrogens (primary N) is 1. The van der Waals surface area contributed by atoms with E-state index in [1.807, 2.05) is 37.3 Å². The first-order valence-electron chi connectivity index (χ1n) is 8.70. The molecule has 2 aromatic carbocycles. The second-order valence-electron chi connectivity index (χ2n) is 6.10. The van der Waals surface area contributed by atoms with Crippen molar-refractivity contribution in [2.45, 2.75) is 37.3 Å². The fraction of sp³-hybridized carbons (Fsp3) is 0.300. The summed E-state index contributed by atoms with van der Waals surface area (Å²) in [6, 6.07) is 14.5. The zero-order valence-electron chi connectivity index (χ0n) is 16.3. The van der Waals surface area contributed by atoms with Gasteiger partial charge < -0.3 is 15.2 Å². The summed E-state index contributed by atoms with van der Waals surface area (Å²) in [6.45, 7) is 2.03. The third kappa shape index (κ3) is 9.84. The Bertz CT molecular complexity index is 881. The van der Waals surface area contributed by atoms with E-state index in [0.717, 1.165) is 11.1 Å². The van der Waals surface area contributed by atoms with Gasteiger partial charge in [0, 0.05) is 6.42 Å². The van der Waals surface area contributed by atoms with Gasteiger partial charge in [-0.3, -0.25) is 14.1 Å². The molecule has 3 N–H and O–H groups in total. The second kappa shape index (κ2) is 11.9. The van der Waals surface area contributed by atoms with Gasteiger partial charge in [-0.2, -0.15) is 8.42 Å². The quantitative estimate of drug-likeness (QED) is 0.512. The molecule has 0 amide bonds. The van der Waals surface area contributed by atoms with Crippen molar-refractivity contribution in [3.8, 4) is 0 Å². The SMILES string of the molecule is COC(=O)CC[C@H](N)C(=O)OCc1ccccc1.Cc1ccc(S(=O)(=O)O)cc1. The average Bonchev–Trinajstić information content (AvgIpc) is 2.70. The first kappa shape index (κ1) is 24.3. The van der Waals surface area contributed by atoms with Crippen molar-refractivity contribution in [1.82, 2.24) is 0 Å². The van der Waals surface area contributed by atoms with Crippen LogP contribution in [0.15, 0.2) is 59.5 Å². The Balaban J connectivity index is 0.000000326. The molecular formula is C20H25NO7S. The summed E-state index contributed by atoms with van der Waals surface area (Å²) in [5.74, 6) is -0.899. The van der Waals surface area contributed by atoms with E-state index >= 15 is 0 Å². The van der Waals surface area contributed by atoms with Crippen LogP contribution in [0.2, 0.25) is 0 Å². The molecule has 2 rings (SSSR count). The van der Waals surface area contributed by atoms with Crippen molar-refractivity contribution in [3.63, 3.8) is 0 Å². The summed E-state index contributed by atoms with van der Waals surface area (Å²) in [5, 5.41) is 0. The van der Waals surface area contributed by atoms with E-state index < -0.39 is 22.1 Å². The molecule has 1 atom stereocenters. The highest BCUT2D eigenvalue weighted by atomic mass is 32.2. The number of benzene rings is 2. The molecule has 0 fully saturated rings. The number of carbonyl (C=O) groups is 2. The number of aryl methyl sites for hydroxylation is 1. The van der Waals surface area contributed by atoms with Crippen molar-refractivity contribution in [1.29, 1.82) is 0 Å². The van der Waals surface area contributed by atoms with Crippen LogP contribution in [0.3, 0.4) is 0 Å². The fourth-order valence-electron chi connectivity index (χ4n) is 2.04. The molecular weight excluding hydrogens is 398 g/mol. The smallest absolute Gasteiger partial charge is 0.323 e. The monoisotopic (exact) mass is 423 g/mol. The molecule has 0 aromatic heterocycles. The van der Waals surface area contributed by atoms with Crippen LogP contribution in [-0.4, -0.2) is 38.1 Å². The molecule has 0 heterocycles. The van der Waals surface area contributed by atoms with Gasteiger partial charge in [0.05, 0.1) is 12.0 Å². The average molecular weight is 423 g/mol. The van der Waals surface area contributed by atoms with Crippen LogP contribution in [0.5, 0.6) is 0 Å². The summed E-state index contributed by atoms with van der Waals surface area (Å²) in [5.41, 5.74) is 7.45. The number of methoxy groups -OCH3 is 1. The predicted octanol–water partition coefficient (Wildman–Crippen LogP) is 2.25. The van der Waals surface area contributed by atoms with Gasteiger partial charge in [0.2, 0.25) is 0 Å². The molecule has 0 aliphatic carbocycles.